The van der Waals surface area contributed by atoms with Crippen LogP contribution in [0.2, 0.25) is 0 Å². The molecule has 1 aliphatic rings. The molecule has 0 bridgehead atoms. The van der Waals surface area contributed by atoms with Crippen LogP contribution in [0.5, 0.6) is 0 Å². The highest BCUT2D eigenvalue weighted by Gasteiger charge is 2.32. The van der Waals surface area contributed by atoms with Gasteiger partial charge in [0, 0.05) is 6.54 Å². The van der Waals surface area contributed by atoms with Gasteiger partial charge in [-0.15, -0.1) is 0 Å². The van der Waals surface area contributed by atoms with E-state index >= 15 is 0 Å². The smallest absolute Gasteiger partial charge is 0.410 e. The molecule has 6 nitrogen and oxygen atoms in total. The zero-order valence-electron chi connectivity index (χ0n) is 13.7. The van der Waals surface area contributed by atoms with Crippen molar-refractivity contribution in [2.45, 2.75) is 44.6 Å². The molecule has 1 atom stereocenters. The van der Waals surface area contributed by atoms with Crippen LogP contribution < -0.4 is 0 Å². The first-order chi connectivity index (χ1) is 10.6. The summed E-state index contributed by atoms with van der Waals surface area (Å²) in [6, 6.07) is 8.87. The largest absolute Gasteiger partial charge is 0.444 e. The number of nitrogens with zero attached hydrogens (tertiary/aromatic N) is 1. The fraction of sp³-hybridized carbons (Fsp3) is 0.562. The summed E-state index contributed by atoms with van der Waals surface area (Å²) in [7, 11) is -3.68. The maximum atomic E-state index is 12.1. The molecule has 0 aliphatic carbocycles. The fourth-order valence-corrected chi connectivity index (χ4v) is 3.56. The predicted octanol–water partition coefficient (Wildman–Crippen LogP) is 2.54. The molecular weight excluding hydrogens is 318 g/mol. The zero-order chi connectivity index (χ0) is 17.1. The van der Waals surface area contributed by atoms with Gasteiger partial charge in [0.05, 0.1) is 12.6 Å². The third kappa shape index (κ3) is 5.84. The van der Waals surface area contributed by atoms with Crippen molar-refractivity contribution in [2.75, 3.05) is 13.1 Å². The Hall–Kier alpha value is -1.60. The summed E-state index contributed by atoms with van der Waals surface area (Å²) in [5.41, 5.74) is 0.101. The van der Waals surface area contributed by atoms with E-state index in [-0.39, 0.29) is 12.3 Å². The van der Waals surface area contributed by atoms with Crippen LogP contribution >= 0.6 is 0 Å². The number of rotatable bonds is 4. The number of ether oxygens (including phenoxy) is 1. The van der Waals surface area contributed by atoms with Crippen LogP contribution in [0, 0.1) is 0 Å². The Morgan fingerprint density at radius 2 is 1.91 bits per heavy atom. The maximum Gasteiger partial charge on any atom is 0.410 e. The number of hydrogen-bond donors (Lipinski definition) is 0. The number of carbonyl (C=O) groups is 1. The van der Waals surface area contributed by atoms with Crippen LogP contribution in [0.3, 0.4) is 0 Å². The number of likely N-dealkylation sites (tertiary alicyclic amines) is 1. The quantitative estimate of drug-likeness (QED) is 0.787. The van der Waals surface area contributed by atoms with Gasteiger partial charge in [0.25, 0.3) is 10.1 Å². The van der Waals surface area contributed by atoms with Crippen molar-refractivity contribution in [3.63, 3.8) is 0 Å². The second-order valence-corrected chi connectivity index (χ2v) is 8.22. The van der Waals surface area contributed by atoms with Crippen molar-refractivity contribution in [1.29, 1.82) is 0 Å². The molecule has 0 N–H and O–H groups in total. The van der Waals surface area contributed by atoms with Crippen LogP contribution in [0.25, 0.3) is 0 Å². The summed E-state index contributed by atoms with van der Waals surface area (Å²) >= 11 is 0. The fourth-order valence-electron chi connectivity index (χ4n) is 2.32. The summed E-state index contributed by atoms with van der Waals surface area (Å²) < 4.78 is 34.7. The Kier molecular flexibility index (Phi) is 5.31. The van der Waals surface area contributed by atoms with Crippen molar-refractivity contribution < 1.29 is 22.1 Å². The van der Waals surface area contributed by atoms with Crippen molar-refractivity contribution in [3.05, 3.63) is 35.9 Å². The third-order valence-electron chi connectivity index (χ3n) is 3.27. The molecule has 1 amide bonds. The minimum Gasteiger partial charge on any atom is -0.444 e. The van der Waals surface area contributed by atoms with Gasteiger partial charge < -0.3 is 9.64 Å². The maximum absolute atomic E-state index is 12.1. The van der Waals surface area contributed by atoms with E-state index in [1.54, 1.807) is 45.0 Å². The topological polar surface area (TPSA) is 72.9 Å². The van der Waals surface area contributed by atoms with E-state index in [0.29, 0.717) is 18.5 Å². The van der Waals surface area contributed by atoms with E-state index in [2.05, 4.69) is 0 Å². The van der Waals surface area contributed by atoms with Gasteiger partial charge >= 0.3 is 6.09 Å². The predicted molar refractivity (Wildman–Crippen MR) is 86.4 cm³/mol. The molecule has 0 saturated carbocycles. The van der Waals surface area contributed by atoms with Crippen LogP contribution in [-0.2, 0) is 24.8 Å². The van der Waals surface area contributed by atoms with Crippen molar-refractivity contribution in [3.8, 4) is 0 Å². The van der Waals surface area contributed by atoms with E-state index in [9.17, 15) is 13.2 Å². The summed E-state index contributed by atoms with van der Waals surface area (Å²) in [6.07, 6.45) is -0.479. The average Bonchev–Trinajstić information content (AvgIpc) is 2.85. The van der Waals surface area contributed by atoms with Gasteiger partial charge in [-0.2, -0.15) is 8.42 Å². The Balaban J connectivity index is 1.88. The first-order valence-electron chi connectivity index (χ1n) is 7.57. The molecule has 7 heteroatoms. The van der Waals surface area contributed by atoms with Gasteiger partial charge in [-0.1, -0.05) is 30.3 Å². The van der Waals surface area contributed by atoms with Gasteiger partial charge in [0.2, 0.25) is 0 Å². The normalized spacial score (nSPS) is 18.9. The summed E-state index contributed by atoms with van der Waals surface area (Å²) in [6.45, 7) is 6.03. The molecule has 128 valence electrons. The molecule has 1 fully saturated rings. The summed E-state index contributed by atoms with van der Waals surface area (Å²) in [5.74, 6) is -0.170. The number of carbonyl (C=O) groups excluding carboxylic acids is 1. The Bertz CT molecular complexity index is 636. The van der Waals surface area contributed by atoms with Crippen molar-refractivity contribution >= 4 is 16.2 Å². The van der Waals surface area contributed by atoms with Crippen LogP contribution in [-0.4, -0.2) is 44.2 Å². The number of hydrogen-bond acceptors (Lipinski definition) is 5. The van der Waals surface area contributed by atoms with Gasteiger partial charge in [0.15, 0.2) is 0 Å². The molecule has 1 aromatic carbocycles. The lowest BCUT2D eigenvalue weighted by Crippen LogP contribution is -2.36. The zero-order valence-corrected chi connectivity index (χ0v) is 14.5. The van der Waals surface area contributed by atoms with E-state index in [1.165, 1.54) is 4.90 Å². The lowest BCUT2D eigenvalue weighted by molar-refractivity contribution is 0.0276. The first kappa shape index (κ1) is 17.7. The van der Waals surface area contributed by atoms with E-state index in [0.717, 1.165) is 0 Å². The van der Waals surface area contributed by atoms with Crippen LogP contribution in [0.15, 0.2) is 30.3 Å². The van der Waals surface area contributed by atoms with Crippen molar-refractivity contribution in [2.24, 2.45) is 0 Å². The SMILES string of the molecule is CC(C)(C)OC(=O)N1CC[C@H](OS(=O)(=O)Cc2ccccc2)C1. The van der Waals surface area contributed by atoms with E-state index < -0.39 is 27.9 Å². The van der Waals surface area contributed by atoms with Crippen molar-refractivity contribution in [1.82, 2.24) is 4.90 Å². The molecule has 0 radical (unpaired) electrons. The van der Waals surface area contributed by atoms with Gasteiger partial charge in [-0.25, -0.2) is 4.79 Å². The van der Waals surface area contributed by atoms with E-state index in [1.807, 2.05) is 6.07 Å². The van der Waals surface area contributed by atoms with Crippen LogP contribution in [0.1, 0.15) is 32.8 Å². The Morgan fingerprint density at radius 1 is 1.26 bits per heavy atom. The standard InChI is InChI=1S/C16H23NO5S/c1-16(2,3)21-15(18)17-10-9-14(11-17)22-23(19,20)12-13-7-5-4-6-8-13/h4-8,14H,9-12H2,1-3H3/t14-/m0/s1. The molecule has 2 rings (SSSR count). The minimum atomic E-state index is -3.68. The molecule has 0 aromatic heterocycles. The molecular formula is C16H23NO5S. The summed E-state index contributed by atoms with van der Waals surface area (Å²) in [4.78, 5) is 13.4. The van der Waals surface area contributed by atoms with Gasteiger partial charge in [-0.3, -0.25) is 4.18 Å². The van der Waals surface area contributed by atoms with Gasteiger partial charge in [-0.05, 0) is 32.8 Å². The average molecular weight is 341 g/mol. The molecule has 0 spiro atoms. The highest BCUT2D eigenvalue weighted by Crippen LogP contribution is 2.20. The molecule has 1 heterocycles. The first-order valence-corrected chi connectivity index (χ1v) is 9.15. The monoisotopic (exact) mass is 341 g/mol. The van der Waals surface area contributed by atoms with Crippen LogP contribution in [0.4, 0.5) is 4.79 Å². The van der Waals surface area contributed by atoms with E-state index in [4.69, 9.17) is 8.92 Å². The number of benzene rings is 1. The lowest BCUT2D eigenvalue weighted by atomic mass is 10.2. The number of amides is 1. The molecule has 1 saturated heterocycles. The molecule has 1 aliphatic heterocycles. The molecule has 23 heavy (non-hydrogen) atoms. The Morgan fingerprint density at radius 3 is 2.52 bits per heavy atom. The highest BCUT2D eigenvalue weighted by molar-refractivity contribution is 7.85. The molecule has 1 aromatic rings. The molecule has 0 unspecified atom stereocenters. The summed E-state index contributed by atoms with van der Waals surface area (Å²) in [5, 5.41) is 0. The second kappa shape index (κ2) is 6.88. The van der Waals surface area contributed by atoms with Gasteiger partial charge in [0.1, 0.15) is 11.4 Å². The second-order valence-electron chi connectivity index (χ2n) is 6.62. The minimum absolute atomic E-state index is 0.170. The lowest BCUT2D eigenvalue weighted by Gasteiger charge is -2.24. The highest BCUT2D eigenvalue weighted by atomic mass is 32.2. The Labute approximate surface area is 137 Å². The third-order valence-corrected chi connectivity index (χ3v) is 4.52.